The average molecular weight is 288 g/mol. The van der Waals surface area contributed by atoms with Gasteiger partial charge in [-0.25, -0.2) is 0 Å². The first kappa shape index (κ1) is 16.5. The molecule has 0 fully saturated rings. The number of likely N-dealkylation sites (N-methyl/N-ethyl adjacent to an activating group) is 1. The van der Waals surface area contributed by atoms with Crippen LogP contribution in [0.2, 0.25) is 5.02 Å². The van der Waals surface area contributed by atoms with Crippen LogP contribution in [0.1, 0.15) is 44.5 Å². The van der Waals surface area contributed by atoms with E-state index in [0.29, 0.717) is 0 Å². The predicted octanol–water partition coefficient (Wildman–Crippen LogP) is 2.68. The second kappa shape index (κ2) is 7.27. The van der Waals surface area contributed by atoms with Crippen molar-refractivity contribution >= 4 is 11.6 Å². The maximum Gasteiger partial charge on any atom is 0.0844 e. The van der Waals surface area contributed by atoms with E-state index in [1.807, 2.05) is 18.5 Å². The van der Waals surface area contributed by atoms with Gasteiger partial charge in [0.15, 0.2) is 0 Å². The van der Waals surface area contributed by atoms with Crippen LogP contribution in [-0.2, 0) is 6.54 Å². The molecular weight excluding hydrogens is 262 g/mol. The molecule has 0 radical (unpaired) electrons. The molecule has 0 aromatic carbocycles. The number of rotatable bonds is 8. The Morgan fingerprint density at radius 3 is 2.53 bits per heavy atom. The molecule has 0 aliphatic rings. The van der Waals surface area contributed by atoms with Crippen LogP contribution in [0, 0.1) is 13.8 Å². The Kier molecular flexibility index (Phi) is 6.30. The summed E-state index contributed by atoms with van der Waals surface area (Å²) in [5, 5.41) is 17.9. The van der Waals surface area contributed by atoms with Crippen molar-refractivity contribution in [3.05, 3.63) is 16.4 Å². The van der Waals surface area contributed by atoms with E-state index in [1.165, 1.54) is 0 Å². The zero-order valence-electron chi connectivity index (χ0n) is 12.5. The van der Waals surface area contributed by atoms with E-state index in [2.05, 4.69) is 24.3 Å². The molecule has 5 heteroatoms. The Labute approximate surface area is 121 Å². The summed E-state index contributed by atoms with van der Waals surface area (Å²) in [5.41, 5.74) is 1.77. The van der Waals surface area contributed by atoms with Gasteiger partial charge in [-0.05, 0) is 46.6 Å². The third-order valence-corrected chi connectivity index (χ3v) is 4.14. The molecule has 0 aliphatic heterocycles. The van der Waals surface area contributed by atoms with Crippen molar-refractivity contribution < 1.29 is 5.11 Å². The smallest absolute Gasteiger partial charge is 0.0844 e. The summed E-state index contributed by atoms with van der Waals surface area (Å²) in [6, 6.07) is 0. The number of hydrogen-bond acceptors (Lipinski definition) is 3. The lowest BCUT2D eigenvalue weighted by atomic mass is 9.96. The molecule has 0 bridgehead atoms. The van der Waals surface area contributed by atoms with Crippen LogP contribution in [0.3, 0.4) is 0 Å². The number of aliphatic hydroxyl groups excluding tert-OH is 1. The second-order valence-corrected chi connectivity index (χ2v) is 5.79. The standard InChI is InChI=1S/C14H26ClN3O/c1-5-16-14(4,10-19)8-6-7-9-18-12(3)13(15)11(2)17-18/h16,19H,5-10H2,1-4H3. The molecule has 0 amide bonds. The summed E-state index contributed by atoms with van der Waals surface area (Å²) in [4.78, 5) is 0. The monoisotopic (exact) mass is 287 g/mol. The molecule has 2 N–H and O–H groups in total. The molecule has 1 unspecified atom stereocenters. The van der Waals surface area contributed by atoms with Gasteiger partial charge < -0.3 is 10.4 Å². The second-order valence-electron chi connectivity index (χ2n) is 5.41. The van der Waals surface area contributed by atoms with Gasteiger partial charge in [-0.2, -0.15) is 5.10 Å². The summed E-state index contributed by atoms with van der Waals surface area (Å²) in [6.07, 6.45) is 3.06. The maximum atomic E-state index is 9.42. The number of halogens is 1. The van der Waals surface area contributed by atoms with Crippen LogP contribution in [0.15, 0.2) is 0 Å². The number of hydrogen-bond donors (Lipinski definition) is 2. The minimum absolute atomic E-state index is 0.165. The summed E-state index contributed by atoms with van der Waals surface area (Å²) < 4.78 is 1.97. The van der Waals surface area contributed by atoms with Gasteiger partial charge in [0.2, 0.25) is 0 Å². The molecule has 1 rings (SSSR count). The van der Waals surface area contributed by atoms with Crippen LogP contribution < -0.4 is 5.32 Å². The molecule has 0 saturated heterocycles. The third-order valence-electron chi connectivity index (χ3n) is 3.59. The van der Waals surface area contributed by atoms with Crippen LogP contribution in [0.25, 0.3) is 0 Å². The van der Waals surface area contributed by atoms with Crippen molar-refractivity contribution in [2.45, 2.75) is 59.0 Å². The number of aromatic nitrogens is 2. The minimum Gasteiger partial charge on any atom is -0.394 e. The van der Waals surface area contributed by atoms with Crippen LogP contribution in [0.4, 0.5) is 0 Å². The quantitative estimate of drug-likeness (QED) is 0.723. The zero-order chi connectivity index (χ0) is 14.5. The highest BCUT2D eigenvalue weighted by atomic mass is 35.5. The predicted molar refractivity (Wildman–Crippen MR) is 79.7 cm³/mol. The van der Waals surface area contributed by atoms with Crippen molar-refractivity contribution in [2.75, 3.05) is 13.2 Å². The molecule has 1 heterocycles. The molecule has 1 aromatic rings. The molecule has 4 nitrogen and oxygen atoms in total. The van der Waals surface area contributed by atoms with Crippen LogP contribution in [0.5, 0.6) is 0 Å². The summed E-state index contributed by atoms with van der Waals surface area (Å²) in [5.74, 6) is 0. The van der Waals surface area contributed by atoms with Gasteiger partial charge in [0.1, 0.15) is 0 Å². The van der Waals surface area contributed by atoms with Crippen molar-refractivity contribution in [3.63, 3.8) is 0 Å². The minimum atomic E-state index is -0.165. The van der Waals surface area contributed by atoms with Gasteiger partial charge in [0.25, 0.3) is 0 Å². The molecule has 1 aromatic heterocycles. The maximum absolute atomic E-state index is 9.42. The third kappa shape index (κ3) is 4.48. The Hall–Kier alpha value is -0.580. The lowest BCUT2D eigenvalue weighted by Crippen LogP contribution is -2.45. The highest BCUT2D eigenvalue weighted by molar-refractivity contribution is 6.31. The van der Waals surface area contributed by atoms with Gasteiger partial charge in [0.05, 0.1) is 23.0 Å². The Morgan fingerprint density at radius 1 is 1.37 bits per heavy atom. The molecule has 0 saturated carbocycles. The van der Waals surface area contributed by atoms with E-state index in [-0.39, 0.29) is 12.1 Å². The average Bonchev–Trinajstić information content (AvgIpc) is 2.63. The van der Waals surface area contributed by atoms with Crippen LogP contribution >= 0.6 is 11.6 Å². The topological polar surface area (TPSA) is 50.1 Å². The lowest BCUT2D eigenvalue weighted by Gasteiger charge is -2.28. The highest BCUT2D eigenvalue weighted by Crippen LogP contribution is 2.20. The van der Waals surface area contributed by atoms with Crippen molar-refractivity contribution in [3.8, 4) is 0 Å². The van der Waals surface area contributed by atoms with Crippen molar-refractivity contribution in [2.24, 2.45) is 0 Å². The summed E-state index contributed by atoms with van der Waals surface area (Å²) >= 11 is 6.12. The Balaban J connectivity index is 2.40. The van der Waals surface area contributed by atoms with Gasteiger partial charge >= 0.3 is 0 Å². The Bertz CT molecular complexity index is 406. The van der Waals surface area contributed by atoms with E-state index >= 15 is 0 Å². The number of nitrogens with one attached hydrogen (secondary N) is 1. The number of nitrogens with zero attached hydrogens (tertiary/aromatic N) is 2. The fourth-order valence-corrected chi connectivity index (χ4v) is 2.45. The van der Waals surface area contributed by atoms with E-state index in [1.54, 1.807) is 0 Å². The fourth-order valence-electron chi connectivity index (χ4n) is 2.32. The molecule has 110 valence electrons. The molecule has 0 spiro atoms. The number of aryl methyl sites for hydroxylation is 2. The first-order valence-electron chi connectivity index (χ1n) is 6.99. The van der Waals surface area contributed by atoms with Gasteiger partial charge in [0, 0.05) is 12.1 Å². The zero-order valence-corrected chi connectivity index (χ0v) is 13.2. The number of unbranched alkanes of at least 4 members (excludes halogenated alkanes) is 1. The first-order valence-corrected chi connectivity index (χ1v) is 7.36. The summed E-state index contributed by atoms with van der Waals surface area (Å²) in [7, 11) is 0. The molecule has 1 atom stereocenters. The largest absolute Gasteiger partial charge is 0.394 e. The normalized spacial score (nSPS) is 14.6. The SMILES string of the molecule is CCNC(C)(CO)CCCCn1nc(C)c(Cl)c1C. The van der Waals surface area contributed by atoms with Gasteiger partial charge in [-0.15, -0.1) is 0 Å². The van der Waals surface area contributed by atoms with E-state index < -0.39 is 0 Å². The highest BCUT2D eigenvalue weighted by Gasteiger charge is 2.20. The molecule has 0 aliphatic carbocycles. The van der Waals surface area contributed by atoms with Gasteiger partial charge in [-0.1, -0.05) is 18.5 Å². The number of aliphatic hydroxyl groups is 1. The van der Waals surface area contributed by atoms with E-state index in [9.17, 15) is 5.11 Å². The lowest BCUT2D eigenvalue weighted by molar-refractivity contribution is 0.164. The van der Waals surface area contributed by atoms with E-state index in [4.69, 9.17) is 11.6 Å². The van der Waals surface area contributed by atoms with Gasteiger partial charge in [-0.3, -0.25) is 4.68 Å². The summed E-state index contributed by atoms with van der Waals surface area (Å²) in [6.45, 7) is 9.99. The van der Waals surface area contributed by atoms with E-state index in [0.717, 1.165) is 48.8 Å². The van der Waals surface area contributed by atoms with Crippen molar-refractivity contribution in [1.82, 2.24) is 15.1 Å². The van der Waals surface area contributed by atoms with Crippen molar-refractivity contribution in [1.29, 1.82) is 0 Å². The first-order chi connectivity index (χ1) is 8.93. The molecule has 19 heavy (non-hydrogen) atoms. The Morgan fingerprint density at radius 2 is 2.05 bits per heavy atom. The molecular formula is C14H26ClN3O. The van der Waals surface area contributed by atoms with Crippen LogP contribution in [-0.4, -0.2) is 33.6 Å². The fraction of sp³-hybridized carbons (Fsp3) is 0.786.